The van der Waals surface area contributed by atoms with Crippen LogP contribution in [0.15, 0.2) is 24.3 Å². The van der Waals surface area contributed by atoms with Crippen LogP contribution in [0.2, 0.25) is 0 Å². The molecule has 1 saturated heterocycles. The highest BCUT2D eigenvalue weighted by Crippen LogP contribution is 2.17. The number of ether oxygens (including phenoxy) is 2. The fourth-order valence-corrected chi connectivity index (χ4v) is 2.76. The van der Waals surface area contributed by atoms with Crippen molar-refractivity contribution in [1.82, 2.24) is 10.2 Å². The number of nitrogens with one attached hydrogen (secondary N) is 2. The molecule has 3 amide bonds. The molecule has 8 heteroatoms. The SMILES string of the molecule is CCOc1ccc(NC(=O)C(=O)NCC2CCN(C(=O)OC)CC2)cc1. The van der Waals surface area contributed by atoms with Crippen LogP contribution in [0.4, 0.5) is 10.5 Å². The van der Waals surface area contributed by atoms with Gasteiger partial charge in [0.15, 0.2) is 0 Å². The summed E-state index contributed by atoms with van der Waals surface area (Å²) in [5.74, 6) is -0.443. The lowest BCUT2D eigenvalue weighted by Gasteiger charge is -2.30. The van der Waals surface area contributed by atoms with Crippen LogP contribution in [0.5, 0.6) is 5.75 Å². The van der Waals surface area contributed by atoms with Crippen molar-refractivity contribution >= 4 is 23.6 Å². The van der Waals surface area contributed by atoms with E-state index in [1.54, 1.807) is 29.2 Å². The van der Waals surface area contributed by atoms with Crippen LogP contribution in [-0.2, 0) is 14.3 Å². The van der Waals surface area contributed by atoms with Crippen LogP contribution in [0.1, 0.15) is 19.8 Å². The largest absolute Gasteiger partial charge is 0.494 e. The van der Waals surface area contributed by atoms with Gasteiger partial charge in [0.25, 0.3) is 0 Å². The van der Waals surface area contributed by atoms with Gasteiger partial charge in [-0.25, -0.2) is 4.79 Å². The number of nitrogens with zero attached hydrogens (tertiary/aromatic N) is 1. The third-order valence-electron chi connectivity index (χ3n) is 4.23. The average molecular weight is 363 g/mol. The molecule has 1 aromatic carbocycles. The predicted octanol–water partition coefficient (Wildman–Crippen LogP) is 1.62. The van der Waals surface area contributed by atoms with Crippen LogP contribution in [-0.4, -0.2) is 56.2 Å². The Labute approximate surface area is 152 Å². The molecule has 2 N–H and O–H groups in total. The maximum absolute atomic E-state index is 12.0. The van der Waals surface area contributed by atoms with Crippen molar-refractivity contribution in [3.8, 4) is 5.75 Å². The Bertz CT molecular complexity index is 624. The van der Waals surface area contributed by atoms with Crippen molar-refractivity contribution in [3.05, 3.63) is 24.3 Å². The summed E-state index contributed by atoms with van der Waals surface area (Å²) < 4.78 is 10.0. The first kappa shape index (κ1) is 19.6. The number of amides is 3. The molecule has 0 unspecified atom stereocenters. The monoisotopic (exact) mass is 363 g/mol. The molecule has 0 atom stereocenters. The zero-order chi connectivity index (χ0) is 18.9. The molecule has 0 bridgehead atoms. The molecule has 0 aliphatic carbocycles. The molecule has 1 heterocycles. The van der Waals surface area contributed by atoms with Gasteiger partial charge in [-0.15, -0.1) is 0 Å². The third kappa shape index (κ3) is 5.65. The molecule has 0 aromatic heterocycles. The fourth-order valence-electron chi connectivity index (χ4n) is 2.76. The van der Waals surface area contributed by atoms with E-state index in [0.29, 0.717) is 37.7 Å². The summed E-state index contributed by atoms with van der Waals surface area (Å²) in [4.78, 5) is 37.0. The van der Waals surface area contributed by atoms with E-state index in [-0.39, 0.29) is 12.0 Å². The minimum atomic E-state index is -0.707. The Morgan fingerprint density at radius 2 is 1.77 bits per heavy atom. The predicted molar refractivity (Wildman–Crippen MR) is 96.0 cm³/mol. The number of piperidine rings is 1. The van der Waals surface area contributed by atoms with E-state index in [0.717, 1.165) is 12.8 Å². The van der Waals surface area contributed by atoms with E-state index in [2.05, 4.69) is 15.4 Å². The molecular formula is C18H25N3O5. The fraction of sp³-hybridized carbons (Fsp3) is 0.500. The zero-order valence-corrected chi connectivity index (χ0v) is 15.1. The number of anilines is 1. The van der Waals surface area contributed by atoms with Crippen LogP contribution in [0.3, 0.4) is 0 Å². The summed E-state index contributed by atoms with van der Waals surface area (Å²) in [6.45, 7) is 4.04. The summed E-state index contributed by atoms with van der Waals surface area (Å²) in [5.41, 5.74) is 0.528. The zero-order valence-electron chi connectivity index (χ0n) is 15.1. The third-order valence-corrected chi connectivity index (χ3v) is 4.23. The molecule has 1 aliphatic heterocycles. The van der Waals surface area contributed by atoms with Gasteiger partial charge in [-0.2, -0.15) is 0 Å². The lowest BCUT2D eigenvalue weighted by molar-refractivity contribution is -0.136. The summed E-state index contributed by atoms with van der Waals surface area (Å²) in [5, 5.41) is 5.20. The number of hydrogen-bond donors (Lipinski definition) is 2. The highest BCUT2D eigenvalue weighted by molar-refractivity contribution is 6.39. The average Bonchev–Trinajstić information content (AvgIpc) is 2.67. The lowest BCUT2D eigenvalue weighted by atomic mass is 9.97. The molecule has 1 aliphatic rings. The second kappa shape index (κ2) is 9.65. The van der Waals surface area contributed by atoms with E-state index < -0.39 is 11.8 Å². The van der Waals surface area contributed by atoms with Gasteiger partial charge >= 0.3 is 17.9 Å². The minimum absolute atomic E-state index is 0.234. The van der Waals surface area contributed by atoms with Crippen molar-refractivity contribution in [2.45, 2.75) is 19.8 Å². The van der Waals surface area contributed by atoms with Gasteiger partial charge in [-0.05, 0) is 49.9 Å². The Hall–Kier alpha value is -2.77. The molecule has 0 spiro atoms. The van der Waals surface area contributed by atoms with E-state index in [1.807, 2.05) is 6.92 Å². The minimum Gasteiger partial charge on any atom is -0.494 e. The molecule has 2 rings (SSSR count). The highest BCUT2D eigenvalue weighted by Gasteiger charge is 2.24. The number of benzene rings is 1. The van der Waals surface area contributed by atoms with E-state index in [1.165, 1.54) is 7.11 Å². The number of carbonyl (C=O) groups excluding carboxylic acids is 3. The summed E-state index contributed by atoms with van der Waals surface area (Å²) in [7, 11) is 1.36. The second-order valence-electron chi connectivity index (χ2n) is 6.02. The van der Waals surface area contributed by atoms with Gasteiger partial charge in [-0.3, -0.25) is 9.59 Å². The molecule has 26 heavy (non-hydrogen) atoms. The van der Waals surface area contributed by atoms with E-state index in [4.69, 9.17) is 4.74 Å². The summed E-state index contributed by atoms with van der Waals surface area (Å²) >= 11 is 0. The van der Waals surface area contributed by atoms with Crippen LogP contribution in [0, 0.1) is 5.92 Å². The number of hydrogen-bond acceptors (Lipinski definition) is 5. The first-order valence-electron chi connectivity index (χ1n) is 8.68. The van der Waals surface area contributed by atoms with Crippen LogP contribution < -0.4 is 15.4 Å². The molecule has 1 aromatic rings. The maximum Gasteiger partial charge on any atom is 0.409 e. The Balaban J connectivity index is 1.72. The first-order valence-corrected chi connectivity index (χ1v) is 8.68. The molecule has 8 nitrogen and oxygen atoms in total. The molecule has 1 fully saturated rings. The van der Waals surface area contributed by atoms with Gasteiger partial charge in [0.2, 0.25) is 0 Å². The van der Waals surface area contributed by atoms with Crippen molar-refractivity contribution in [2.75, 3.05) is 38.7 Å². The van der Waals surface area contributed by atoms with Crippen molar-refractivity contribution < 1.29 is 23.9 Å². The quantitative estimate of drug-likeness (QED) is 0.775. The van der Waals surface area contributed by atoms with Gasteiger partial charge < -0.3 is 25.0 Å². The number of likely N-dealkylation sites (tertiary alicyclic amines) is 1. The Morgan fingerprint density at radius 1 is 1.12 bits per heavy atom. The van der Waals surface area contributed by atoms with Gasteiger partial charge in [0, 0.05) is 25.3 Å². The van der Waals surface area contributed by atoms with Crippen molar-refractivity contribution in [2.24, 2.45) is 5.92 Å². The first-order chi connectivity index (χ1) is 12.5. The van der Waals surface area contributed by atoms with Crippen LogP contribution in [0.25, 0.3) is 0 Å². The second-order valence-corrected chi connectivity index (χ2v) is 6.02. The molecule has 0 radical (unpaired) electrons. The summed E-state index contributed by atoms with van der Waals surface area (Å²) in [6.07, 6.45) is 1.19. The molecule has 142 valence electrons. The van der Waals surface area contributed by atoms with E-state index >= 15 is 0 Å². The lowest BCUT2D eigenvalue weighted by Crippen LogP contribution is -2.43. The summed E-state index contributed by atoms with van der Waals surface area (Å²) in [6, 6.07) is 6.82. The topological polar surface area (TPSA) is 97.0 Å². The molecular weight excluding hydrogens is 338 g/mol. The van der Waals surface area contributed by atoms with Crippen LogP contribution >= 0.6 is 0 Å². The van der Waals surface area contributed by atoms with Gasteiger partial charge in [0.05, 0.1) is 13.7 Å². The Kier molecular flexibility index (Phi) is 7.25. The normalized spacial score (nSPS) is 14.5. The maximum atomic E-state index is 12.0. The Morgan fingerprint density at radius 3 is 2.35 bits per heavy atom. The van der Waals surface area contributed by atoms with Gasteiger partial charge in [-0.1, -0.05) is 0 Å². The standard InChI is InChI=1S/C18H25N3O5/c1-3-26-15-6-4-14(5-7-15)20-17(23)16(22)19-12-13-8-10-21(11-9-13)18(24)25-2/h4-7,13H,3,8-12H2,1-2H3,(H,19,22)(H,20,23). The smallest absolute Gasteiger partial charge is 0.409 e. The highest BCUT2D eigenvalue weighted by atomic mass is 16.5. The number of rotatable bonds is 5. The van der Waals surface area contributed by atoms with Crippen molar-refractivity contribution in [3.63, 3.8) is 0 Å². The van der Waals surface area contributed by atoms with E-state index in [9.17, 15) is 14.4 Å². The molecule has 0 saturated carbocycles. The van der Waals surface area contributed by atoms with Crippen molar-refractivity contribution in [1.29, 1.82) is 0 Å². The number of carbonyl (C=O) groups is 3. The number of methoxy groups -OCH3 is 1. The van der Waals surface area contributed by atoms with Gasteiger partial charge in [0.1, 0.15) is 5.75 Å².